The molecule has 2 rings (SSSR count). The van der Waals surface area contributed by atoms with Crippen molar-refractivity contribution in [2.24, 2.45) is 8.80 Å². The summed E-state index contributed by atoms with van der Waals surface area (Å²) < 4.78 is 69.7. The van der Waals surface area contributed by atoms with Crippen LogP contribution < -0.4 is 9.47 Å². The first-order chi connectivity index (χ1) is 28.6. The summed E-state index contributed by atoms with van der Waals surface area (Å²) >= 11 is 0. The van der Waals surface area contributed by atoms with Gasteiger partial charge in [0.05, 0.1) is 35.8 Å². The predicted molar refractivity (Wildman–Crippen MR) is 252 cm³/mol. The summed E-state index contributed by atoms with van der Waals surface area (Å²) in [7, 11) is -7.65. The molecule has 1 aliphatic carbocycles. The summed E-state index contributed by atoms with van der Waals surface area (Å²) in [5.74, 6) is 0.967. The van der Waals surface area contributed by atoms with Crippen molar-refractivity contribution in [3.05, 3.63) is 42.5 Å². The molecule has 338 valence electrons. The molecule has 0 aliphatic heterocycles. The molecular formula is C49H84N2O6S2. The number of rotatable bonds is 39. The van der Waals surface area contributed by atoms with Gasteiger partial charge in [0, 0.05) is 6.07 Å². The van der Waals surface area contributed by atoms with E-state index < -0.39 is 20.0 Å². The highest BCUT2D eigenvalue weighted by Crippen LogP contribution is 2.32. The molecular weight excluding hydrogens is 777 g/mol. The molecule has 0 atom stereocenters. The van der Waals surface area contributed by atoms with Crippen LogP contribution in [0, 0.1) is 0 Å². The standard InChI is InChI=1S/C49H84N2O6S2/c1-4-6-8-10-12-14-16-18-20-22-24-26-28-30-32-34-42-56-48-41-40-47(59(54,55)51-46-38-36-45(37-39-46)50-58(3,52)53)44-49(48)57-43-35-33-31-29-27-25-23-21-19-17-15-13-11-9-7-5-2/h36-41,44H,4-35,42-43H2,1-3H3. The van der Waals surface area contributed by atoms with Crippen LogP contribution in [0.3, 0.4) is 0 Å². The first-order valence-corrected chi connectivity index (χ1v) is 27.3. The molecule has 8 nitrogen and oxygen atoms in total. The average molecular weight is 861 g/mol. The van der Waals surface area contributed by atoms with E-state index in [0.717, 1.165) is 31.9 Å². The molecule has 0 amide bonds. The normalized spacial score (nSPS) is 13.0. The second-order valence-electron chi connectivity index (χ2n) is 16.8. The number of sulfonamides is 2. The fourth-order valence-corrected chi connectivity index (χ4v) is 9.01. The summed E-state index contributed by atoms with van der Waals surface area (Å²) in [4.78, 5) is 0.0131. The molecule has 0 unspecified atom stereocenters. The lowest BCUT2D eigenvalue weighted by Crippen LogP contribution is -2.07. The number of benzene rings is 1. The molecule has 10 heteroatoms. The molecule has 0 heterocycles. The van der Waals surface area contributed by atoms with Crippen molar-refractivity contribution in [1.29, 1.82) is 0 Å². The Labute approximate surface area is 362 Å². The summed E-state index contributed by atoms with van der Waals surface area (Å²) in [6, 6.07) is 4.70. The van der Waals surface area contributed by atoms with E-state index in [2.05, 4.69) is 22.6 Å². The Morgan fingerprint density at radius 3 is 1.05 bits per heavy atom. The van der Waals surface area contributed by atoms with Gasteiger partial charge in [-0.15, -0.1) is 0 Å². The minimum Gasteiger partial charge on any atom is -0.490 e. The molecule has 0 radical (unpaired) electrons. The highest BCUT2D eigenvalue weighted by molar-refractivity contribution is 7.90. The van der Waals surface area contributed by atoms with Gasteiger partial charge in [-0.05, 0) is 49.3 Å². The number of unbranched alkanes of at least 4 members (excludes halogenated alkanes) is 30. The van der Waals surface area contributed by atoms with Gasteiger partial charge in [-0.3, -0.25) is 0 Å². The Morgan fingerprint density at radius 1 is 0.407 bits per heavy atom. The maximum atomic E-state index is 13.4. The Morgan fingerprint density at radius 2 is 0.712 bits per heavy atom. The third-order valence-corrected chi connectivity index (χ3v) is 12.9. The van der Waals surface area contributed by atoms with E-state index in [4.69, 9.17) is 9.47 Å². The Hall–Kier alpha value is -2.46. The van der Waals surface area contributed by atoms with Crippen LogP contribution in [0.5, 0.6) is 11.5 Å². The second kappa shape index (κ2) is 34.2. The van der Waals surface area contributed by atoms with Crippen LogP contribution >= 0.6 is 0 Å². The lowest BCUT2D eigenvalue weighted by atomic mass is 10.0. The molecule has 0 aromatic heterocycles. The molecule has 0 spiro atoms. The van der Waals surface area contributed by atoms with Crippen molar-refractivity contribution in [2.45, 2.75) is 224 Å². The average Bonchev–Trinajstić information content (AvgIpc) is 3.20. The van der Waals surface area contributed by atoms with Gasteiger partial charge >= 0.3 is 0 Å². The first kappa shape index (κ1) is 52.7. The van der Waals surface area contributed by atoms with Gasteiger partial charge in [0.25, 0.3) is 20.0 Å². The van der Waals surface area contributed by atoms with E-state index in [1.807, 2.05) is 0 Å². The highest BCUT2D eigenvalue weighted by Gasteiger charge is 2.18. The number of nitrogens with zero attached hydrogens (tertiary/aromatic N) is 2. The largest absolute Gasteiger partial charge is 0.490 e. The van der Waals surface area contributed by atoms with Crippen LogP contribution in [-0.2, 0) is 20.0 Å². The van der Waals surface area contributed by atoms with Gasteiger partial charge in [0.1, 0.15) is 0 Å². The van der Waals surface area contributed by atoms with E-state index in [1.54, 1.807) is 6.07 Å². The van der Waals surface area contributed by atoms with Crippen molar-refractivity contribution in [3.63, 3.8) is 0 Å². The van der Waals surface area contributed by atoms with Crippen LogP contribution in [0.4, 0.5) is 0 Å². The van der Waals surface area contributed by atoms with Crippen LogP contribution in [-0.4, -0.2) is 47.7 Å². The number of hydrogen-bond acceptors (Lipinski definition) is 6. The maximum Gasteiger partial charge on any atom is 0.282 e. The zero-order chi connectivity index (χ0) is 42.7. The fraction of sp³-hybridized carbons (Fsp3) is 0.755. The minimum absolute atomic E-state index is 0.0131. The molecule has 1 aliphatic rings. The Kier molecular flexibility index (Phi) is 30.5. The van der Waals surface area contributed by atoms with Gasteiger partial charge in [-0.25, -0.2) is 8.42 Å². The first-order valence-electron chi connectivity index (χ1n) is 24.1. The Bertz CT molecular complexity index is 1550. The third kappa shape index (κ3) is 28.7. The summed E-state index contributed by atoms with van der Waals surface area (Å²) in [6.45, 7) is 5.59. The van der Waals surface area contributed by atoms with Gasteiger partial charge in [0.15, 0.2) is 11.5 Å². The SMILES string of the molecule is CCCCCCCCCCCCCCCCCCOc1ccc(S(=O)(=O)N=C2C=CC(=NS(C)(=O)=O)C=C2)cc1OCCCCCCCCCCCCCCCCCC. The molecule has 0 bridgehead atoms. The summed E-state index contributed by atoms with van der Waals surface area (Å²) in [5, 5.41) is 0. The highest BCUT2D eigenvalue weighted by atomic mass is 32.2. The topological polar surface area (TPSA) is 111 Å². The molecule has 0 saturated heterocycles. The van der Waals surface area contributed by atoms with E-state index in [9.17, 15) is 16.8 Å². The number of ether oxygens (including phenoxy) is 2. The molecule has 1 aromatic carbocycles. The summed E-state index contributed by atoms with van der Waals surface area (Å²) in [6.07, 6.45) is 48.5. The number of hydrogen-bond donors (Lipinski definition) is 0. The minimum atomic E-state index is -4.07. The maximum absolute atomic E-state index is 13.4. The van der Waals surface area contributed by atoms with Crippen molar-refractivity contribution in [3.8, 4) is 11.5 Å². The lowest BCUT2D eigenvalue weighted by molar-refractivity contribution is 0.257. The second-order valence-corrected chi connectivity index (χ2v) is 20.1. The third-order valence-electron chi connectivity index (χ3n) is 11.1. The van der Waals surface area contributed by atoms with Crippen molar-refractivity contribution in [2.75, 3.05) is 19.5 Å². The van der Waals surface area contributed by atoms with Gasteiger partial charge in [0.2, 0.25) is 0 Å². The van der Waals surface area contributed by atoms with E-state index >= 15 is 0 Å². The van der Waals surface area contributed by atoms with Crippen molar-refractivity contribution in [1.82, 2.24) is 0 Å². The number of allylic oxidation sites excluding steroid dienone is 4. The van der Waals surface area contributed by atoms with Gasteiger partial charge in [-0.2, -0.15) is 17.2 Å². The predicted octanol–water partition coefficient (Wildman–Crippen LogP) is 14.6. The van der Waals surface area contributed by atoms with Crippen LogP contribution in [0.2, 0.25) is 0 Å². The molecule has 1 aromatic rings. The van der Waals surface area contributed by atoms with E-state index in [1.165, 1.54) is 216 Å². The molecule has 0 saturated carbocycles. The van der Waals surface area contributed by atoms with E-state index in [0.29, 0.717) is 24.7 Å². The fourth-order valence-electron chi connectivity index (χ4n) is 7.50. The van der Waals surface area contributed by atoms with Crippen LogP contribution in [0.25, 0.3) is 0 Å². The van der Waals surface area contributed by atoms with Gasteiger partial charge < -0.3 is 9.47 Å². The Balaban J connectivity index is 1.76. The van der Waals surface area contributed by atoms with E-state index in [-0.39, 0.29) is 16.3 Å². The van der Waals surface area contributed by atoms with Crippen molar-refractivity contribution >= 4 is 31.5 Å². The molecule has 0 N–H and O–H groups in total. The molecule has 0 fully saturated rings. The zero-order valence-corrected chi connectivity index (χ0v) is 39.4. The monoisotopic (exact) mass is 861 g/mol. The lowest BCUT2D eigenvalue weighted by Gasteiger charge is -2.14. The summed E-state index contributed by atoms with van der Waals surface area (Å²) in [5.41, 5.74) is 0.386. The van der Waals surface area contributed by atoms with Gasteiger partial charge in [-0.1, -0.05) is 206 Å². The quantitative estimate of drug-likeness (QED) is 0.0481. The zero-order valence-electron chi connectivity index (χ0n) is 37.7. The van der Waals surface area contributed by atoms with Crippen LogP contribution in [0.15, 0.2) is 56.2 Å². The van der Waals surface area contributed by atoms with Crippen LogP contribution in [0.1, 0.15) is 219 Å². The van der Waals surface area contributed by atoms with Crippen molar-refractivity contribution < 1.29 is 26.3 Å². The molecule has 59 heavy (non-hydrogen) atoms. The smallest absolute Gasteiger partial charge is 0.282 e.